The lowest BCUT2D eigenvalue weighted by atomic mass is 10.1. The first-order valence-corrected chi connectivity index (χ1v) is 6.94. The van der Waals surface area contributed by atoms with Crippen molar-refractivity contribution in [1.82, 2.24) is 19.9 Å². The van der Waals surface area contributed by atoms with Crippen LogP contribution in [-0.2, 0) is 0 Å². The average Bonchev–Trinajstić information content (AvgIpc) is 2.49. The summed E-state index contributed by atoms with van der Waals surface area (Å²) in [7, 11) is 0. The van der Waals surface area contributed by atoms with E-state index in [1.807, 2.05) is 6.07 Å². The molecule has 0 spiro atoms. The van der Waals surface area contributed by atoms with Crippen molar-refractivity contribution in [2.45, 2.75) is 18.9 Å². The Bertz CT molecular complexity index is 547. The van der Waals surface area contributed by atoms with Crippen LogP contribution in [0.5, 0.6) is 0 Å². The molecule has 1 fully saturated rings. The summed E-state index contributed by atoms with van der Waals surface area (Å²) in [5, 5.41) is 3.97. The second kappa shape index (κ2) is 6.00. The smallest absolute Gasteiger partial charge is 0.225 e. The molecule has 1 saturated heterocycles. The van der Waals surface area contributed by atoms with E-state index < -0.39 is 0 Å². The minimum atomic E-state index is 0.331. The van der Waals surface area contributed by atoms with Crippen molar-refractivity contribution in [2.75, 3.05) is 23.3 Å². The molecule has 2 aromatic heterocycles. The van der Waals surface area contributed by atoms with Crippen molar-refractivity contribution in [3.05, 3.63) is 36.0 Å². The van der Waals surface area contributed by atoms with E-state index in [0.29, 0.717) is 11.1 Å². The Morgan fingerprint density at radius 3 is 2.85 bits per heavy atom. The Morgan fingerprint density at radius 1 is 1.25 bits per heavy atom. The van der Waals surface area contributed by atoms with Crippen molar-refractivity contribution < 1.29 is 0 Å². The van der Waals surface area contributed by atoms with E-state index in [9.17, 15) is 0 Å². The number of piperidine rings is 1. The van der Waals surface area contributed by atoms with E-state index in [4.69, 9.17) is 11.6 Å². The fourth-order valence-electron chi connectivity index (χ4n) is 2.33. The maximum absolute atomic E-state index is 5.82. The molecule has 6 nitrogen and oxygen atoms in total. The summed E-state index contributed by atoms with van der Waals surface area (Å²) in [5.74, 6) is 1.58. The molecule has 1 atom stereocenters. The maximum Gasteiger partial charge on any atom is 0.225 e. The average molecular weight is 291 g/mol. The fourth-order valence-corrected chi connectivity index (χ4v) is 2.43. The van der Waals surface area contributed by atoms with Gasteiger partial charge < -0.3 is 10.2 Å². The molecule has 0 radical (unpaired) electrons. The largest absolute Gasteiger partial charge is 0.365 e. The molecule has 1 aliphatic heterocycles. The third-order valence-corrected chi connectivity index (χ3v) is 3.44. The molecule has 2 aromatic rings. The summed E-state index contributed by atoms with van der Waals surface area (Å²) in [6.45, 7) is 1.81. The summed E-state index contributed by atoms with van der Waals surface area (Å²) in [5.41, 5.74) is 0. The van der Waals surface area contributed by atoms with Crippen LogP contribution < -0.4 is 10.2 Å². The van der Waals surface area contributed by atoms with Gasteiger partial charge in [-0.15, -0.1) is 0 Å². The summed E-state index contributed by atoms with van der Waals surface area (Å²) in [6.07, 6.45) is 8.74. The number of anilines is 2. The molecule has 1 aliphatic rings. The van der Waals surface area contributed by atoms with E-state index in [0.717, 1.165) is 37.7 Å². The van der Waals surface area contributed by atoms with Gasteiger partial charge in [0.05, 0.1) is 17.4 Å². The summed E-state index contributed by atoms with van der Waals surface area (Å²) >= 11 is 5.82. The first-order chi connectivity index (χ1) is 9.81. The molecule has 20 heavy (non-hydrogen) atoms. The monoisotopic (exact) mass is 290 g/mol. The summed E-state index contributed by atoms with van der Waals surface area (Å²) in [6, 6.07) is 2.20. The second-order valence-electron chi connectivity index (χ2n) is 4.73. The standard InChI is InChI=1S/C13H15ClN6/c14-10-6-16-13(17-7-10)20-5-1-2-11(8-20)19-12-3-4-15-9-18-12/h3-4,6-7,9,11H,1-2,5,8H2,(H,15,18,19). The van der Waals surface area contributed by atoms with Crippen LogP contribution in [-0.4, -0.2) is 39.1 Å². The van der Waals surface area contributed by atoms with Crippen molar-refractivity contribution in [3.63, 3.8) is 0 Å². The van der Waals surface area contributed by atoms with Gasteiger partial charge >= 0.3 is 0 Å². The van der Waals surface area contributed by atoms with E-state index in [1.165, 1.54) is 0 Å². The Hall–Kier alpha value is -1.95. The normalized spacial score (nSPS) is 18.9. The molecule has 7 heteroatoms. The number of nitrogens with zero attached hydrogens (tertiary/aromatic N) is 5. The Labute approximate surface area is 122 Å². The zero-order valence-corrected chi connectivity index (χ0v) is 11.7. The fraction of sp³-hybridized carbons (Fsp3) is 0.385. The Kier molecular flexibility index (Phi) is 3.92. The lowest BCUT2D eigenvalue weighted by Gasteiger charge is -2.33. The minimum absolute atomic E-state index is 0.331. The van der Waals surface area contributed by atoms with Crippen molar-refractivity contribution in [3.8, 4) is 0 Å². The second-order valence-corrected chi connectivity index (χ2v) is 5.16. The van der Waals surface area contributed by atoms with Gasteiger partial charge in [-0.3, -0.25) is 0 Å². The van der Waals surface area contributed by atoms with Crippen molar-refractivity contribution >= 4 is 23.4 Å². The van der Waals surface area contributed by atoms with Crippen LogP contribution in [0.4, 0.5) is 11.8 Å². The molecule has 0 aromatic carbocycles. The zero-order chi connectivity index (χ0) is 13.8. The molecular weight excluding hydrogens is 276 g/mol. The van der Waals surface area contributed by atoms with Gasteiger partial charge in [-0.2, -0.15) is 0 Å². The van der Waals surface area contributed by atoms with Gasteiger partial charge in [0.1, 0.15) is 12.1 Å². The third kappa shape index (κ3) is 3.14. The predicted molar refractivity (Wildman–Crippen MR) is 77.9 cm³/mol. The highest BCUT2D eigenvalue weighted by Crippen LogP contribution is 2.18. The molecule has 1 unspecified atom stereocenters. The highest BCUT2D eigenvalue weighted by Gasteiger charge is 2.21. The number of hydrogen-bond donors (Lipinski definition) is 1. The van der Waals surface area contributed by atoms with Gasteiger partial charge in [0.15, 0.2) is 0 Å². The van der Waals surface area contributed by atoms with Gasteiger partial charge in [-0.05, 0) is 18.9 Å². The van der Waals surface area contributed by atoms with Gasteiger partial charge in [-0.1, -0.05) is 11.6 Å². The van der Waals surface area contributed by atoms with Crippen LogP contribution in [0.2, 0.25) is 5.02 Å². The van der Waals surface area contributed by atoms with Crippen molar-refractivity contribution in [2.24, 2.45) is 0 Å². The molecule has 1 N–H and O–H groups in total. The minimum Gasteiger partial charge on any atom is -0.365 e. The molecule has 3 rings (SSSR count). The van der Waals surface area contributed by atoms with E-state index in [2.05, 4.69) is 30.2 Å². The van der Waals surface area contributed by atoms with Crippen LogP contribution >= 0.6 is 11.6 Å². The first-order valence-electron chi connectivity index (χ1n) is 6.56. The van der Waals surface area contributed by atoms with E-state index in [-0.39, 0.29) is 0 Å². The van der Waals surface area contributed by atoms with Crippen LogP contribution in [0.25, 0.3) is 0 Å². The molecule has 0 aliphatic carbocycles. The van der Waals surface area contributed by atoms with Crippen LogP contribution in [0.15, 0.2) is 31.0 Å². The zero-order valence-electron chi connectivity index (χ0n) is 10.9. The highest BCUT2D eigenvalue weighted by molar-refractivity contribution is 6.30. The Balaban J connectivity index is 1.66. The lowest BCUT2D eigenvalue weighted by Crippen LogP contribution is -2.43. The SMILES string of the molecule is Clc1cnc(N2CCCC(Nc3ccncn3)C2)nc1. The van der Waals surface area contributed by atoms with Crippen molar-refractivity contribution in [1.29, 1.82) is 0 Å². The van der Waals surface area contributed by atoms with Gasteiger partial charge in [0.2, 0.25) is 5.95 Å². The molecule has 104 valence electrons. The summed E-state index contributed by atoms with van der Waals surface area (Å²) in [4.78, 5) is 18.8. The highest BCUT2D eigenvalue weighted by atomic mass is 35.5. The molecule has 0 bridgehead atoms. The van der Waals surface area contributed by atoms with Crippen LogP contribution in [0, 0.1) is 0 Å². The molecule has 3 heterocycles. The topological polar surface area (TPSA) is 66.8 Å². The molecule has 0 saturated carbocycles. The summed E-state index contributed by atoms with van der Waals surface area (Å²) < 4.78 is 0. The van der Waals surface area contributed by atoms with Gasteiger partial charge in [-0.25, -0.2) is 19.9 Å². The quantitative estimate of drug-likeness (QED) is 0.932. The molecular formula is C13H15ClN6. The predicted octanol–water partition coefficient (Wildman–Crippen LogP) is 2.00. The third-order valence-electron chi connectivity index (χ3n) is 3.24. The number of aromatic nitrogens is 4. The van der Waals surface area contributed by atoms with Crippen LogP contribution in [0.3, 0.4) is 0 Å². The number of nitrogens with one attached hydrogen (secondary N) is 1. The lowest BCUT2D eigenvalue weighted by molar-refractivity contribution is 0.521. The van der Waals surface area contributed by atoms with E-state index >= 15 is 0 Å². The first kappa shape index (κ1) is 13.1. The number of halogens is 1. The van der Waals surface area contributed by atoms with E-state index in [1.54, 1.807) is 24.9 Å². The molecule has 0 amide bonds. The van der Waals surface area contributed by atoms with Crippen LogP contribution in [0.1, 0.15) is 12.8 Å². The number of rotatable bonds is 3. The van der Waals surface area contributed by atoms with Gasteiger partial charge in [0, 0.05) is 25.3 Å². The maximum atomic E-state index is 5.82. The Morgan fingerprint density at radius 2 is 2.10 bits per heavy atom. The van der Waals surface area contributed by atoms with Gasteiger partial charge in [0.25, 0.3) is 0 Å². The number of hydrogen-bond acceptors (Lipinski definition) is 6.